The van der Waals surface area contributed by atoms with E-state index in [1.165, 1.54) is 17.5 Å². The van der Waals surface area contributed by atoms with Gasteiger partial charge in [0, 0.05) is 19.2 Å². The molecular formula is C19H25N3O. The summed E-state index contributed by atoms with van der Waals surface area (Å²) in [4.78, 5) is 12.5. The quantitative estimate of drug-likeness (QED) is 0.922. The summed E-state index contributed by atoms with van der Waals surface area (Å²) >= 11 is 0. The molecule has 1 aromatic heterocycles. The van der Waals surface area contributed by atoms with Crippen LogP contribution in [0.1, 0.15) is 48.2 Å². The molecule has 1 amide bonds. The number of nitrogens with zero attached hydrogens (tertiary/aromatic N) is 2. The number of aromatic nitrogens is 2. The van der Waals surface area contributed by atoms with Crippen molar-refractivity contribution >= 4 is 5.91 Å². The molecule has 1 aliphatic carbocycles. The fourth-order valence-corrected chi connectivity index (χ4v) is 3.52. The third kappa shape index (κ3) is 3.03. The van der Waals surface area contributed by atoms with Gasteiger partial charge in [0.2, 0.25) is 5.91 Å². The lowest BCUT2D eigenvalue weighted by Crippen LogP contribution is -2.50. The van der Waals surface area contributed by atoms with Crippen LogP contribution in [0.5, 0.6) is 0 Å². The number of carbonyl (C=O) groups is 1. The second-order valence-electron chi connectivity index (χ2n) is 6.62. The summed E-state index contributed by atoms with van der Waals surface area (Å²) in [5, 5.41) is 7.72. The Morgan fingerprint density at radius 2 is 1.96 bits per heavy atom. The number of aryl methyl sites for hydroxylation is 2. The van der Waals surface area contributed by atoms with Gasteiger partial charge in [0.25, 0.3) is 0 Å². The van der Waals surface area contributed by atoms with Gasteiger partial charge in [-0.05, 0) is 50.7 Å². The molecule has 2 aromatic rings. The number of hydrogen-bond acceptors (Lipinski definition) is 2. The van der Waals surface area contributed by atoms with Gasteiger partial charge < -0.3 is 5.32 Å². The maximum Gasteiger partial charge on any atom is 0.221 e. The standard InChI is InChI=1S/C19H25N3O/c1-14-17(15(2)22(3)21-14)10-11-18(23)20-19(12-7-13-19)16-8-5-4-6-9-16/h4-6,8-9H,7,10-13H2,1-3H3,(H,20,23). The average Bonchev–Trinajstić information content (AvgIpc) is 2.75. The molecule has 0 saturated heterocycles. The van der Waals surface area contributed by atoms with E-state index in [0.29, 0.717) is 6.42 Å². The van der Waals surface area contributed by atoms with Crippen molar-refractivity contribution in [3.63, 3.8) is 0 Å². The summed E-state index contributed by atoms with van der Waals surface area (Å²) in [6.07, 6.45) is 4.52. The lowest BCUT2D eigenvalue weighted by Gasteiger charge is -2.43. The SMILES string of the molecule is Cc1nn(C)c(C)c1CCC(=O)NC1(c2ccccc2)CCC1. The Hall–Kier alpha value is -2.10. The minimum absolute atomic E-state index is 0.135. The highest BCUT2D eigenvalue weighted by Crippen LogP contribution is 2.41. The van der Waals surface area contributed by atoms with Crippen LogP contribution >= 0.6 is 0 Å². The normalized spacial score (nSPS) is 16.0. The number of benzene rings is 1. The first-order valence-electron chi connectivity index (χ1n) is 8.37. The van der Waals surface area contributed by atoms with Crippen LogP contribution in [-0.2, 0) is 23.8 Å². The molecule has 0 radical (unpaired) electrons. The maximum absolute atomic E-state index is 12.5. The van der Waals surface area contributed by atoms with E-state index in [1.54, 1.807) is 0 Å². The first-order valence-corrected chi connectivity index (χ1v) is 8.37. The van der Waals surface area contributed by atoms with Crippen LogP contribution in [0.15, 0.2) is 30.3 Å². The third-order valence-electron chi connectivity index (χ3n) is 5.17. The van der Waals surface area contributed by atoms with Gasteiger partial charge >= 0.3 is 0 Å². The number of rotatable bonds is 5. The van der Waals surface area contributed by atoms with Gasteiger partial charge in [0.05, 0.1) is 11.2 Å². The predicted molar refractivity (Wildman–Crippen MR) is 91.1 cm³/mol. The third-order valence-corrected chi connectivity index (χ3v) is 5.17. The fourth-order valence-electron chi connectivity index (χ4n) is 3.52. The topological polar surface area (TPSA) is 46.9 Å². The van der Waals surface area contributed by atoms with Crippen LogP contribution in [0, 0.1) is 13.8 Å². The average molecular weight is 311 g/mol. The van der Waals surface area contributed by atoms with Crippen LogP contribution in [0.25, 0.3) is 0 Å². The summed E-state index contributed by atoms with van der Waals surface area (Å²) in [5.41, 5.74) is 4.46. The Balaban J connectivity index is 1.65. The monoisotopic (exact) mass is 311 g/mol. The smallest absolute Gasteiger partial charge is 0.221 e. The molecule has 1 fully saturated rings. The van der Waals surface area contributed by atoms with Crippen molar-refractivity contribution in [2.45, 2.75) is 51.5 Å². The van der Waals surface area contributed by atoms with Crippen molar-refractivity contribution in [1.29, 1.82) is 0 Å². The molecule has 4 nitrogen and oxygen atoms in total. The van der Waals surface area contributed by atoms with Gasteiger partial charge in [-0.15, -0.1) is 0 Å². The molecule has 3 rings (SSSR count). The Kier molecular flexibility index (Phi) is 4.24. The summed E-state index contributed by atoms with van der Waals surface area (Å²) in [6.45, 7) is 4.07. The van der Waals surface area contributed by atoms with Crippen molar-refractivity contribution in [2.24, 2.45) is 7.05 Å². The second kappa shape index (κ2) is 6.19. The van der Waals surface area contributed by atoms with Crippen molar-refractivity contribution in [3.8, 4) is 0 Å². The highest BCUT2D eigenvalue weighted by molar-refractivity contribution is 5.77. The fraction of sp³-hybridized carbons (Fsp3) is 0.474. The predicted octanol–water partition coefficient (Wildman–Crippen LogP) is 3.17. The highest BCUT2D eigenvalue weighted by atomic mass is 16.1. The van der Waals surface area contributed by atoms with Crippen LogP contribution in [-0.4, -0.2) is 15.7 Å². The lowest BCUT2D eigenvalue weighted by atomic mass is 9.71. The van der Waals surface area contributed by atoms with Gasteiger partial charge in [0.15, 0.2) is 0 Å². The van der Waals surface area contributed by atoms with Crippen molar-refractivity contribution in [1.82, 2.24) is 15.1 Å². The van der Waals surface area contributed by atoms with Gasteiger partial charge in [0.1, 0.15) is 0 Å². The van der Waals surface area contributed by atoms with Crippen LogP contribution in [0.3, 0.4) is 0 Å². The molecule has 0 spiro atoms. The van der Waals surface area contributed by atoms with Gasteiger partial charge in [-0.1, -0.05) is 30.3 Å². The van der Waals surface area contributed by atoms with Crippen LogP contribution < -0.4 is 5.32 Å². The molecule has 1 heterocycles. The molecule has 4 heteroatoms. The van der Waals surface area contributed by atoms with E-state index < -0.39 is 0 Å². The van der Waals surface area contributed by atoms with E-state index in [2.05, 4.69) is 29.5 Å². The molecule has 0 bridgehead atoms. The molecule has 23 heavy (non-hydrogen) atoms. The Bertz CT molecular complexity index is 699. The number of hydrogen-bond donors (Lipinski definition) is 1. The molecule has 1 aliphatic rings. The first-order chi connectivity index (χ1) is 11.0. The lowest BCUT2D eigenvalue weighted by molar-refractivity contribution is -0.124. The van der Waals surface area contributed by atoms with Crippen molar-refractivity contribution in [3.05, 3.63) is 52.8 Å². The summed E-state index contributed by atoms with van der Waals surface area (Å²) in [6, 6.07) is 10.4. The second-order valence-corrected chi connectivity index (χ2v) is 6.62. The highest BCUT2D eigenvalue weighted by Gasteiger charge is 2.39. The Morgan fingerprint density at radius 3 is 2.48 bits per heavy atom. The summed E-state index contributed by atoms with van der Waals surface area (Å²) in [5.74, 6) is 0.135. The van der Waals surface area contributed by atoms with Gasteiger partial charge in [-0.25, -0.2) is 0 Å². The van der Waals surface area contributed by atoms with Crippen molar-refractivity contribution in [2.75, 3.05) is 0 Å². The number of carbonyl (C=O) groups excluding carboxylic acids is 1. The molecule has 1 N–H and O–H groups in total. The van der Waals surface area contributed by atoms with Crippen LogP contribution in [0.4, 0.5) is 0 Å². The zero-order chi connectivity index (χ0) is 16.4. The summed E-state index contributed by atoms with van der Waals surface area (Å²) in [7, 11) is 1.95. The van der Waals surface area contributed by atoms with E-state index >= 15 is 0 Å². The number of amides is 1. The molecule has 0 aliphatic heterocycles. The van der Waals surface area contributed by atoms with Gasteiger partial charge in [-0.2, -0.15) is 5.10 Å². The molecule has 1 aromatic carbocycles. The Labute approximate surface area is 137 Å². The summed E-state index contributed by atoms with van der Waals surface area (Å²) < 4.78 is 1.89. The van der Waals surface area contributed by atoms with Crippen molar-refractivity contribution < 1.29 is 4.79 Å². The van der Waals surface area contributed by atoms with Crippen LogP contribution in [0.2, 0.25) is 0 Å². The van der Waals surface area contributed by atoms with E-state index in [9.17, 15) is 4.79 Å². The molecule has 0 unspecified atom stereocenters. The molecule has 0 atom stereocenters. The largest absolute Gasteiger partial charge is 0.347 e. The van der Waals surface area contributed by atoms with E-state index in [1.807, 2.05) is 36.9 Å². The molecule has 1 saturated carbocycles. The molecular weight excluding hydrogens is 286 g/mol. The zero-order valence-electron chi connectivity index (χ0n) is 14.2. The van der Waals surface area contributed by atoms with E-state index in [4.69, 9.17) is 0 Å². The van der Waals surface area contributed by atoms with E-state index in [0.717, 1.165) is 30.7 Å². The maximum atomic E-state index is 12.5. The zero-order valence-corrected chi connectivity index (χ0v) is 14.2. The first kappa shape index (κ1) is 15.8. The minimum atomic E-state index is -0.141. The minimum Gasteiger partial charge on any atom is -0.347 e. The Morgan fingerprint density at radius 1 is 1.26 bits per heavy atom. The molecule has 122 valence electrons. The van der Waals surface area contributed by atoms with E-state index in [-0.39, 0.29) is 11.4 Å². The number of nitrogens with one attached hydrogen (secondary N) is 1. The van der Waals surface area contributed by atoms with Gasteiger partial charge in [-0.3, -0.25) is 9.48 Å².